The number of methoxy groups -OCH3 is 1. The summed E-state index contributed by atoms with van der Waals surface area (Å²) < 4.78 is 5.66. The molecule has 3 fully saturated rings. The van der Waals surface area contributed by atoms with Crippen molar-refractivity contribution in [1.29, 1.82) is 0 Å². The standard InChI is InChI=1S/C35H49N3O4/c1-21-15-22(2)17-25(16-21)33(39)38-30(24-11-8-7-9-12-24)29(28(35(3,4)5)31(38)34(40)41)36-20-27-18-26(23-13-10-14-23)19-37-32(27)42-6/h7-9,11-12,18-19,21-23,25,28-31,36H,10,13-17,20H2,1-6H3,(H,40,41)/t21?,22?,25?,28-,29-,30-,31-/m0/s1. The molecule has 5 rings (SSSR count). The number of pyridine rings is 1. The van der Waals surface area contributed by atoms with Gasteiger partial charge in [-0.05, 0) is 72.5 Å². The van der Waals surface area contributed by atoms with Crippen molar-refractivity contribution in [2.75, 3.05) is 7.11 Å². The largest absolute Gasteiger partial charge is 0.481 e. The number of carbonyl (C=O) groups excluding carboxylic acids is 1. The molecule has 2 unspecified atom stereocenters. The van der Waals surface area contributed by atoms with E-state index in [1.54, 1.807) is 12.0 Å². The van der Waals surface area contributed by atoms with Crippen LogP contribution in [0.25, 0.3) is 0 Å². The highest BCUT2D eigenvalue weighted by molar-refractivity contribution is 5.87. The zero-order chi connectivity index (χ0) is 30.2. The molecule has 1 amide bonds. The van der Waals surface area contributed by atoms with Gasteiger partial charge in [0.1, 0.15) is 6.04 Å². The van der Waals surface area contributed by atoms with Crippen LogP contribution >= 0.6 is 0 Å². The van der Waals surface area contributed by atoms with E-state index in [0.717, 1.165) is 30.4 Å². The third-order valence-corrected chi connectivity index (χ3v) is 10.1. The zero-order valence-electron chi connectivity index (χ0n) is 26.2. The van der Waals surface area contributed by atoms with E-state index < -0.39 is 18.1 Å². The summed E-state index contributed by atoms with van der Waals surface area (Å²) in [5.74, 6) is 0.572. The highest BCUT2D eigenvalue weighted by Gasteiger charge is 2.58. The van der Waals surface area contributed by atoms with Crippen molar-refractivity contribution in [1.82, 2.24) is 15.2 Å². The van der Waals surface area contributed by atoms with Crippen molar-refractivity contribution in [2.24, 2.45) is 29.1 Å². The maximum absolute atomic E-state index is 14.5. The van der Waals surface area contributed by atoms with Crippen molar-refractivity contribution in [3.05, 3.63) is 59.3 Å². The number of rotatable bonds is 8. The Hall–Kier alpha value is -2.93. The highest BCUT2D eigenvalue weighted by Crippen LogP contribution is 2.50. The molecular weight excluding hydrogens is 526 g/mol. The first kappa shape index (κ1) is 30.5. The minimum Gasteiger partial charge on any atom is -0.481 e. The molecule has 7 heteroatoms. The van der Waals surface area contributed by atoms with Crippen LogP contribution in [0.2, 0.25) is 0 Å². The van der Waals surface area contributed by atoms with E-state index in [1.165, 1.54) is 24.8 Å². The predicted molar refractivity (Wildman–Crippen MR) is 164 cm³/mol. The van der Waals surface area contributed by atoms with Gasteiger partial charge in [-0.2, -0.15) is 0 Å². The monoisotopic (exact) mass is 575 g/mol. The molecule has 0 bridgehead atoms. The number of hydrogen-bond acceptors (Lipinski definition) is 5. The van der Waals surface area contributed by atoms with E-state index in [0.29, 0.717) is 30.2 Å². The molecule has 3 aliphatic rings. The minimum absolute atomic E-state index is 0.0144. The number of carbonyl (C=O) groups is 2. The van der Waals surface area contributed by atoms with Gasteiger partial charge in [-0.25, -0.2) is 9.78 Å². The number of nitrogens with zero attached hydrogens (tertiary/aromatic N) is 2. The average molecular weight is 576 g/mol. The fourth-order valence-electron chi connectivity index (χ4n) is 8.11. The Morgan fingerprint density at radius 1 is 1.05 bits per heavy atom. The number of aromatic nitrogens is 1. The smallest absolute Gasteiger partial charge is 0.326 e. The predicted octanol–water partition coefficient (Wildman–Crippen LogP) is 6.59. The second kappa shape index (κ2) is 12.4. The molecule has 2 heterocycles. The van der Waals surface area contributed by atoms with E-state index in [4.69, 9.17) is 4.74 Å². The second-order valence-corrected chi connectivity index (χ2v) is 14.4. The van der Waals surface area contributed by atoms with Gasteiger partial charge in [0, 0.05) is 36.2 Å². The second-order valence-electron chi connectivity index (χ2n) is 14.4. The molecule has 42 heavy (non-hydrogen) atoms. The summed E-state index contributed by atoms with van der Waals surface area (Å²) in [5, 5.41) is 14.6. The van der Waals surface area contributed by atoms with Crippen LogP contribution in [0.4, 0.5) is 0 Å². The summed E-state index contributed by atoms with van der Waals surface area (Å²) in [6, 6.07) is 10.6. The third kappa shape index (κ3) is 6.08. The average Bonchev–Trinajstić information content (AvgIpc) is 3.26. The third-order valence-electron chi connectivity index (χ3n) is 10.1. The van der Waals surface area contributed by atoms with Gasteiger partial charge in [0.05, 0.1) is 13.2 Å². The maximum Gasteiger partial charge on any atom is 0.326 e. The summed E-state index contributed by atoms with van der Waals surface area (Å²) in [4.78, 5) is 34.1. The van der Waals surface area contributed by atoms with Crippen LogP contribution in [-0.2, 0) is 16.1 Å². The lowest BCUT2D eigenvalue weighted by Gasteiger charge is -2.38. The van der Waals surface area contributed by atoms with E-state index in [9.17, 15) is 14.7 Å². The topological polar surface area (TPSA) is 91.8 Å². The molecule has 1 aromatic heterocycles. The number of likely N-dealkylation sites (tertiary alicyclic amines) is 1. The number of carboxylic acid groups (broad SMARTS) is 1. The Balaban J connectivity index is 1.56. The van der Waals surface area contributed by atoms with Crippen LogP contribution in [0.15, 0.2) is 42.6 Å². The number of nitrogens with one attached hydrogen (secondary N) is 1. The lowest BCUT2D eigenvalue weighted by molar-refractivity contribution is -0.155. The SMILES string of the molecule is COc1ncc(C2CCC2)cc1CN[C@H]1[C@H](C(C)(C)C)[C@@H](C(=O)O)N(C(=O)C2CC(C)CC(C)C2)[C@H]1c1ccccc1. The Morgan fingerprint density at radius 2 is 1.71 bits per heavy atom. The number of benzene rings is 1. The number of amides is 1. The minimum atomic E-state index is -0.936. The molecule has 2 saturated carbocycles. The van der Waals surface area contributed by atoms with Gasteiger partial charge in [0.2, 0.25) is 11.8 Å². The number of ether oxygens (including phenoxy) is 1. The van der Waals surface area contributed by atoms with Crippen LogP contribution in [0.1, 0.15) is 102 Å². The molecule has 7 nitrogen and oxygen atoms in total. The van der Waals surface area contributed by atoms with Crippen molar-refractivity contribution < 1.29 is 19.4 Å². The summed E-state index contributed by atoms with van der Waals surface area (Å²) in [6.45, 7) is 11.2. The molecule has 1 aromatic carbocycles. The van der Waals surface area contributed by atoms with Crippen molar-refractivity contribution in [3.63, 3.8) is 0 Å². The molecular formula is C35H49N3O4. The van der Waals surface area contributed by atoms with E-state index in [1.807, 2.05) is 36.5 Å². The van der Waals surface area contributed by atoms with Gasteiger partial charge in [-0.3, -0.25) is 4.79 Å². The lowest BCUT2D eigenvalue weighted by Crippen LogP contribution is -2.49. The Bertz CT molecular complexity index is 1240. The Labute approximate surface area is 251 Å². The molecule has 0 radical (unpaired) electrons. The summed E-state index contributed by atoms with van der Waals surface area (Å²) in [5.41, 5.74) is 2.78. The number of aliphatic carboxylic acids is 1. The molecule has 228 valence electrons. The first-order valence-corrected chi connectivity index (χ1v) is 15.9. The molecule has 0 spiro atoms. The van der Waals surface area contributed by atoms with E-state index in [2.05, 4.69) is 51.0 Å². The molecule has 1 aliphatic heterocycles. The lowest BCUT2D eigenvalue weighted by atomic mass is 9.72. The van der Waals surface area contributed by atoms with Crippen LogP contribution in [0.5, 0.6) is 5.88 Å². The van der Waals surface area contributed by atoms with E-state index >= 15 is 0 Å². The fraction of sp³-hybridized carbons (Fsp3) is 0.629. The molecule has 6 atom stereocenters. The van der Waals surface area contributed by atoms with Crippen molar-refractivity contribution in [2.45, 2.75) is 104 Å². The van der Waals surface area contributed by atoms with Gasteiger partial charge in [-0.15, -0.1) is 0 Å². The highest BCUT2D eigenvalue weighted by atomic mass is 16.5. The van der Waals surface area contributed by atoms with Gasteiger partial charge >= 0.3 is 5.97 Å². The molecule has 2 N–H and O–H groups in total. The van der Waals surface area contributed by atoms with Crippen LogP contribution < -0.4 is 10.1 Å². The zero-order valence-corrected chi connectivity index (χ0v) is 26.2. The summed E-state index contributed by atoms with van der Waals surface area (Å²) in [7, 11) is 1.64. The molecule has 1 saturated heterocycles. The summed E-state index contributed by atoms with van der Waals surface area (Å²) in [6.07, 6.45) is 8.27. The molecule has 2 aromatic rings. The van der Waals surface area contributed by atoms with Gasteiger partial charge in [-0.1, -0.05) is 71.4 Å². The van der Waals surface area contributed by atoms with Crippen LogP contribution in [0.3, 0.4) is 0 Å². The number of carboxylic acids is 1. The summed E-state index contributed by atoms with van der Waals surface area (Å²) >= 11 is 0. The Morgan fingerprint density at radius 3 is 2.26 bits per heavy atom. The quantitative estimate of drug-likeness (QED) is 0.369. The maximum atomic E-state index is 14.5. The van der Waals surface area contributed by atoms with Crippen molar-refractivity contribution in [3.8, 4) is 5.88 Å². The first-order valence-electron chi connectivity index (χ1n) is 15.9. The van der Waals surface area contributed by atoms with Crippen LogP contribution in [0, 0.1) is 29.1 Å². The number of hydrogen-bond donors (Lipinski definition) is 2. The van der Waals surface area contributed by atoms with Gasteiger partial charge in [0.15, 0.2) is 0 Å². The van der Waals surface area contributed by atoms with Crippen LogP contribution in [-0.4, -0.2) is 46.1 Å². The normalized spacial score (nSPS) is 30.1. The fourth-order valence-corrected chi connectivity index (χ4v) is 8.11. The van der Waals surface area contributed by atoms with Gasteiger partial charge in [0.25, 0.3) is 0 Å². The van der Waals surface area contributed by atoms with E-state index in [-0.39, 0.29) is 29.2 Å². The first-order chi connectivity index (χ1) is 20.0. The Kier molecular flexibility index (Phi) is 8.98. The van der Waals surface area contributed by atoms with Crippen molar-refractivity contribution >= 4 is 11.9 Å². The molecule has 2 aliphatic carbocycles. The van der Waals surface area contributed by atoms with Gasteiger partial charge < -0.3 is 20.1 Å².